The standard InChI is InChI=1S/C13H17N3OS/c1-4-11(14-13-16-15-9(2)18-13)10-7-5-6-8-12(10)17-3/h5-8,11H,4H2,1-3H3,(H,14,16). The Hall–Kier alpha value is -1.62. The fourth-order valence-electron chi connectivity index (χ4n) is 1.86. The molecule has 1 heterocycles. The van der Waals surface area contributed by atoms with Crippen LogP contribution < -0.4 is 10.1 Å². The van der Waals surface area contributed by atoms with E-state index in [-0.39, 0.29) is 6.04 Å². The summed E-state index contributed by atoms with van der Waals surface area (Å²) in [5, 5.41) is 13.3. The van der Waals surface area contributed by atoms with Crippen LogP contribution in [0.4, 0.5) is 5.13 Å². The van der Waals surface area contributed by atoms with Gasteiger partial charge in [-0.2, -0.15) is 0 Å². The quantitative estimate of drug-likeness (QED) is 0.898. The summed E-state index contributed by atoms with van der Waals surface area (Å²) in [5.74, 6) is 0.901. The van der Waals surface area contributed by atoms with Crippen molar-refractivity contribution in [1.82, 2.24) is 10.2 Å². The number of anilines is 1. The molecule has 1 N–H and O–H groups in total. The monoisotopic (exact) mass is 263 g/mol. The van der Waals surface area contributed by atoms with Crippen molar-refractivity contribution in [3.05, 3.63) is 34.8 Å². The molecule has 4 nitrogen and oxygen atoms in total. The first-order valence-electron chi connectivity index (χ1n) is 5.94. The van der Waals surface area contributed by atoms with Gasteiger partial charge in [0.25, 0.3) is 0 Å². The van der Waals surface area contributed by atoms with Gasteiger partial charge in [-0.1, -0.05) is 36.5 Å². The molecule has 0 saturated carbocycles. The van der Waals surface area contributed by atoms with Gasteiger partial charge in [-0.3, -0.25) is 0 Å². The average Bonchev–Trinajstić information content (AvgIpc) is 2.81. The van der Waals surface area contributed by atoms with Crippen LogP contribution in [0.15, 0.2) is 24.3 Å². The molecule has 0 amide bonds. The van der Waals surface area contributed by atoms with Gasteiger partial charge in [0.05, 0.1) is 13.2 Å². The summed E-state index contributed by atoms with van der Waals surface area (Å²) in [6.07, 6.45) is 0.957. The molecule has 96 valence electrons. The third-order valence-electron chi connectivity index (χ3n) is 2.75. The van der Waals surface area contributed by atoms with Crippen LogP contribution in [-0.2, 0) is 0 Å². The number of benzene rings is 1. The highest BCUT2D eigenvalue weighted by Crippen LogP contribution is 2.30. The highest BCUT2D eigenvalue weighted by molar-refractivity contribution is 7.15. The van der Waals surface area contributed by atoms with Crippen LogP contribution in [0.5, 0.6) is 5.75 Å². The van der Waals surface area contributed by atoms with Crippen molar-refractivity contribution in [2.45, 2.75) is 26.3 Å². The van der Waals surface area contributed by atoms with Crippen molar-refractivity contribution in [2.24, 2.45) is 0 Å². The fourth-order valence-corrected chi connectivity index (χ4v) is 2.50. The zero-order chi connectivity index (χ0) is 13.0. The minimum absolute atomic E-state index is 0.188. The number of ether oxygens (including phenoxy) is 1. The van der Waals surface area contributed by atoms with Crippen molar-refractivity contribution >= 4 is 16.5 Å². The Morgan fingerprint density at radius 3 is 2.72 bits per heavy atom. The number of para-hydroxylation sites is 1. The molecule has 0 aliphatic heterocycles. The van der Waals surface area contributed by atoms with Crippen LogP contribution in [0, 0.1) is 6.92 Å². The van der Waals surface area contributed by atoms with Gasteiger partial charge in [0.1, 0.15) is 10.8 Å². The van der Waals surface area contributed by atoms with Gasteiger partial charge in [0.2, 0.25) is 5.13 Å². The van der Waals surface area contributed by atoms with Gasteiger partial charge >= 0.3 is 0 Å². The topological polar surface area (TPSA) is 47.0 Å². The highest BCUT2D eigenvalue weighted by Gasteiger charge is 2.15. The smallest absolute Gasteiger partial charge is 0.206 e. The van der Waals surface area contributed by atoms with E-state index >= 15 is 0 Å². The lowest BCUT2D eigenvalue weighted by molar-refractivity contribution is 0.406. The molecule has 1 aromatic heterocycles. The minimum atomic E-state index is 0.188. The maximum Gasteiger partial charge on any atom is 0.206 e. The van der Waals surface area contributed by atoms with E-state index in [0.717, 1.165) is 27.9 Å². The number of hydrogen-bond acceptors (Lipinski definition) is 5. The van der Waals surface area contributed by atoms with E-state index in [1.165, 1.54) is 0 Å². The zero-order valence-electron chi connectivity index (χ0n) is 10.8. The Kier molecular flexibility index (Phi) is 4.15. The summed E-state index contributed by atoms with van der Waals surface area (Å²) >= 11 is 1.57. The van der Waals surface area contributed by atoms with Crippen LogP contribution in [0.2, 0.25) is 0 Å². The molecular formula is C13H17N3OS. The van der Waals surface area contributed by atoms with Crippen molar-refractivity contribution in [3.63, 3.8) is 0 Å². The first-order valence-corrected chi connectivity index (χ1v) is 6.75. The molecule has 2 rings (SSSR count). The van der Waals surface area contributed by atoms with Gasteiger partial charge in [-0.25, -0.2) is 0 Å². The summed E-state index contributed by atoms with van der Waals surface area (Å²) in [6.45, 7) is 4.09. The highest BCUT2D eigenvalue weighted by atomic mass is 32.1. The predicted octanol–water partition coefficient (Wildman–Crippen LogP) is 3.42. The zero-order valence-corrected chi connectivity index (χ0v) is 11.6. The Morgan fingerprint density at radius 2 is 2.11 bits per heavy atom. The normalized spacial score (nSPS) is 12.2. The lowest BCUT2D eigenvalue weighted by Gasteiger charge is -2.18. The van der Waals surface area contributed by atoms with Crippen molar-refractivity contribution in [3.8, 4) is 5.75 Å². The van der Waals surface area contributed by atoms with E-state index < -0.39 is 0 Å². The van der Waals surface area contributed by atoms with E-state index in [1.807, 2.05) is 25.1 Å². The number of aryl methyl sites for hydroxylation is 1. The van der Waals surface area contributed by atoms with Crippen molar-refractivity contribution in [2.75, 3.05) is 12.4 Å². The molecule has 1 atom stereocenters. The van der Waals surface area contributed by atoms with Gasteiger partial charge in [0.15, 0.2) is 0 Å². The van der Waals surface area contributed by atoms with Crippen LogP contribution in [0.3, 0.4) is 0 Å². The third kappa shape index (κ3) is 2.79. The van der Waals surface area contributed by atoms with Crippen molar-refractivity contribution in [1.29, 1.82) is 0 Å². The van der Waals surface area contributed by atoms with E-state index in [9.17, 15) is 0 Å². The van der Waals surface area contributed by atoms with Gasteiger partial charge < -0.3 is 10.1 Å². The summed E-state index contributed by atoms with van der Waals surface area (Å²) in [7, 11) is 1.70. The summed E-state index contributed by atoms with van der Waals surface area (Å²) in [6, 6.07) is 8.24. The predicted molar refractivity (Wildman–Crippen MR) is 74.3 cm³/mol. The maximum absolute atomic E-state index is 5.40. The first kappa shape index (κ1) is 12.8. The summed E-state index contributed by atoms with van der Waals surface area (Å²) in [5.41, 5.74) is 1.15. The number of methoxy groups -OCH3 is 1. The Morgan fingerprint density at radius 1 is 1.33 bits per heavy atom. The molecule has 1 unspecified atom stereocenters. The lowest BCUT2D eigenvalue weighted by Crippen LogP contribution is -2.10. The summed E-state index contributed by atoms with van der Waals surface area (Å²) < 4.78 is 5.40. The van der Waals surface area contributed by atoms with Crippen molar-refractivity contribution < 1.29 is 4.74 Å². The molecule has 0 fully saturated rings. The first-order chi connectivity index (χ1) is 8.74. The van der Waals surface area contributed by atoms with E-state index in [0.29, 0.717) is 0 Å². The molecule has 0 radical (unpaired) electrons. The average molecular weight is 263 g/mol. The number of nitrogens with zero attached hydrogens (tertiary/aromatic N) is 2. The number of rotatable bonds is 5. The van der Waals surface area contributed by atoms with Gasteiger partial charge in [-0.15, -0.1) is 10.2 Å². The SMILES string of the molecule is CCC(Nc1nnc(C)s1)c1ccccc1OC. The Balaban J connectivity index is 2.22. The number of nitrogens with one attached hydrogen (secondary N) is 1. The molecule has 1 aromatic carbocycles. The number of aromatic nitrogens is 2. The fraction of sp³-hybridized carbons (Fsp3) is 0.385. The largest absolute Gasteiger partial charge is 0.496 e. The van der Waals surface area contributed by atoms with Crippen LogP contribution in [0.1, 0.15) is 30.0 Å². The molecule has 5 heteroatoms. The Bertz CT molecular complexity index is 512. The second kappa shape index (κ2) is 5.82. The Labute approximate surface area is 111 Å². The molecule has 0 bridgehead atoms. The molecule has 2 aromatic rings. The van der Waals surface area contributed by atoms with Crippen LogP contribution in [0.25, 0.3) is 0 Å². The molecule has 0 aliphatic carbocycles. The molecule has 18 heavy (non-hydrogen) atoms. The van der Waals surface area contributed by atoms with E-state index in [1.54, 1.807) is 18.4 Å². The third-order valence-corrected chi connectivity index (χ3v) is 3.52. The second-order valence-electron chi connectivity index (χ2n) is 3.97. The maximum atomic E-state index is 5.40. The van der Waals surface area contributed by atoms with Crippen LogP contribution >= 0.6 is 11.3 Å². The van der Waals surface area contributed by atoms with E-state index in [2.05, 4.69) is 28.5 Å². The van der Waals surface area contributed by atoms with Gasteiger partial charge in [-0.05, 0) is 19.4 Å². The minimum Gasteiger partial charge on any atom is -0.496 e. The summed E-state index contributed by atoms with van der Waals surface area (Å²) in [4.78, 5) is 0. The molecule has 0 saturated heterocycles. The van der Waals surface area contributed by atoms with Gasteiger partial charge in [0, 0.05) is 5.56 Å². The second-order valence-corrected chi connectivity index (χ2v) is 5.15. The lowest BCUT2D eigenvalue weighted by atomic mass is 10.0. The van der Waals surface area contributed by atoms with Crippen LogP contribution in [-0.4, -0.2) is 17.3 Å². The number of hydrogen-bond donors (Lipinski definition) is 1. The van der Waals surface area contributed by atoms with E-state index in [4.69, 9.17) is 4.74 Å². The molecular weight excluding hydrogens is 246 g/mol. The molecule has 0 aliphatic rings. The molecule has 0 spiro atoms.